The smallest absolute Gasteiger partial charge is 0.306 e. The number of hydrogen-bond acceptors (Lipinski definition) is 8. The van der Waals surface area contributed by atoms with Gasteiger partial charge in [0.05, 0.1) is 39.7 Å². The first-order valence-electron chi connectivity index (χ1n) is 10.6. The predicted molar refractivity (Wildman–Crippen MR) is 139 cm³/mol. The van der Waals surface area contributed by atoms with E-state index in [1.807, 2.05) is 20.8 Å². The van der Waals surface area contributed by atoms with Crippen LogP contribution in [0.3, 0.4) is 0 Å². The van der Waals surface area contributed by atoms with E-state index in [2.05, 4.69) is 0 Å². The van der Waals surface area contributed by atoms with Crippen LogP contribution in [0.25, 0.3) is 0 Å². The largest absolute Gasteiger partial charge is 0.493 e. The fourth-order valence-corrected chi connectivity index (χ4v) is 4.43. The summed E-state index contributed by atoms with van der Waals surface area (Å²) in [7, 11) is 0.181. The number of rotatable bonds is 8. The fraction of sp³-hybridized carbons (Fsp3) is 0.417. The second-order valence-corrected chi connectivity index (χ2v) is 10.8. The maximum Gasteiger partial charge on any atom is 0.306 e. The Balaban J connectivity index is 0.00000456. The first-order chi connectivity index (χ1) is 16.2. The standard InChI is InChI=1S/C24H29FN2O7S.BrH/c1-24(2,3)15-8-13(9-18(21(15)32-5)34-35(7,29)30)16(28)12-27-11-14-10-17(31-4)22(33-6)20(25)19(14)23(27)26;/h8-10,26H,11-12H2,1-7H3;1H. The van der Waals surface area contributed by atoms with E-state index >= 15 is 4.39 Å². The van der Waals surface area contributed by atoms with Gasteiger partial charge in [-0.2, -0.15) is 8.42 Å². The molecule has 1 aliphatic heterocycles. The van der Waals surface area contributed by atoms with Crippen molar-refractivity contribution < 1.29 is 36.0 Å². The molecular formula is C24H30BrFN2O7S. The van der Waals surface area contributed by atoms with Gasteiger partial charge in [0.15, 0.2) is 34.6 Å². The molecule has 12 heteroatoms. The molecule has 0 bridgehead atoms. The lowest BCUT2D eigenvalue weighted by molar-refractivity contribution is 0.0962. The number of fused-ring (bicyclic) bond motifs is 1. The van der Waals surface area contributed by atoms with Gasteiger partial charge in [-0.1, -0.05) is 20.8 Å². The minimum atomic E-state index is -3.90. The zero-order valence-corrected chi connectivity index (χ0v) is 23.7. The number of carbonyl (C=O) groups excluding carboxylic acids is 1. The third-order valence-electron chi connectivity index (χ3n) is 5.57. The number of nitrogens with one attached hydrogen (secondary N) is 1. The van der Waals surface area contributed by atoms with E-state index in [1.54, 1.807) is 12.1 Å². The molecule has 2 aromatic carbocycles. The average molecular weight is 589 g/mol. The average Bonchev–Trinajstić information content (AvgIpc) is 3.06. The maximum absolute atomic E-state index is 15.0. The Kier molecular flexibility index (Phi) is 8.67. The molecule has 1 aliphatic rings. The number of halogens is 2. The molecule has 1 heterocycles. The van der Waals surface area contributed by atoms with Crippen LogP contribution in [0.4, 0.5) is 4.39 Å². The van der Waals surface area contributed by atoms with Crippen molar-refractivity contribution in [3.63, 3.8) is 0 Å². The van der Waals surface area contributed by atoms with Gasteiger partial charge in [0.2, 0.25) is 0 Å². The zero-order valence-electron chi connectivity index (χ0n) is 21.1. The summed E-state index contributed by atoms with van der Waals surface area (Å²) in [6, 6.07) is 4.51. The van der Waals surface area contributed by atoms with Crippen LogP contribution >= 0.6 is 17.0 Å². The molecule has 2 aromatic rings. The van der Waals surface area contributed by atoms with E-state index in [4.69, 9.17) is 23.8 Å². The van der Waals surface area contributed by atoms with E-state index in [0.29, 0.717) is 11.1 Å². The Morgan fingerprint density at radius 2 is 1.67 bits per heavy atom. The van der Waals surface area contributed by atoms with Crippen LogP contribution in [-0.4, -0.2) is 59.1 Å². The van der Waals surface area contributed by atoms with Crippen LogP contribution in [0.5, 0.6) is 23.0 Å². The summed E-state index contributed by atoms with van der Waals surface area (Å²) >= 11 is 0. The molecule has 0 saturated heterocycles. The van der Waals surface area contributed by atoms with Crippen molar-refractivity contribution in [3.05, 3.63) is 46.3 Å². The summed E-state index contributed by atoms with van der Waals surface area (Å²) in [6.45, 7) is 5.54. The van der Waals surface area contributed by atoms with Gasteiger partial charge in [0.1, 0.15) is 5.84 Å². The lowest BCUT2D eigenvalue weighted by atomic mass is 9.84. The van der Waals surface area contributed by atoms with Gasteiger partial charge in [-0.05, 0) is 29.2 Å². The third kappa shape index (κ3) is 5.75. The number of hydrogen-bond donors (Lipinski definition) is 1. The second kappa shape index (κ2) is 10.6. The zero-order chi connectivity index (χ0) is 26.3. The molecular weight excluding hydrogens is 559 g/mol. The van der Waals surface area contributed by atoms with Crippen molar-refractivity contribution in [2.75, 3.05) is 34.1 Å². The molecule has 0 spiro atoms. The van der Waals surface area contributed by atoms with E-state index in [9.17, 15) is 13.2 Å². The molecule has 0 aliphatic carbocycles. The normalized spacial score (nSPS) is 13.1. The molecule has 1 N–H and O–H groups in total. The maximum atomic E-state index is 15.0. The molecule has 9 nitrogen and oxygen atoms in total. The molecule has 0 unspecified atom stereocenters. The van der Waals surface area contributed by atoms with Gasteiger partial charge in [-0.3, -0.25) is 10.2 Å². The van der Waals surface area contributed by atoms with Crippen molar-refractivity contribution >= 4 is 38.7 Å². The number of carbonyl (C=O) groups is 1. The van der Waals surface area contributed by atoms with Gasteiger partial charge in [0, 0.05) is 17.7 Å². The molecule has 0 saturated carbocycles. The number of amidine groups is 1. The van der Waals surface area contributed by atoms with Crippen molar-refractivity contribution in [2.24, 2.45) is 0 Å². The molecule has 0 atom stereocenters. The number of ketones is 1. The first-order valence-corrected chi connectivity index (χ1v) is 12.5. The van der Waals surface area contributed by atoms with Crippen LogP contribution in [0.1, 0.15) is 47.8 Å². The molecule has 3 rings (SSSR count). The SMILES string of the molecule is Br.COc1cc2c(c(F)c1OC)C(=N)N(CC(=O)c1cc(OS(C)(=O)=O)c(OC)c(C(C)(C)C)c1)C2. The van der Waals surface area contributed by atoms with Crippen molar-refractivity contribution in [1.29, 1.82) is 5.41 Å². The summed E-state index contributed by atoms with van der Waals surface area (Å²) in [5.41, 5.74) is 0.772. The highest BCUT2D eigenvalue weighted by molar-refractivity contribution is 8.93. The summed E-state index contributed by atoms with van der Waals surface area (Å²) < 4.78 is 59.5. The molecule has 0 radical (unpaired) electrons. The van der Waals surface area contributed by atoms with Gasteiger partial charge in [-0.25, -0.2) is 4.39 Å². The highest BCUT2D eigenvalue weighted by Gasteiger charge is 2.33. The Morgan fingerprint density at radius 1 is 1.06 bits per heavy atom. The van der Waals surface area contributed by atoms with E-state index in [1.165, 1.54) is 32.3 Å². The lowest BCUT2D eigenvalue weighted by Crippen LogP contribution is -2.30. The summed E-state index contributed by atoms with van der Waals surface area (Å²) in [5.74, 6) is -1.12. The van der Waals surface area contributed by atoms with E-state index in [0.717, 1.165) is 6.26 Å². The summed E-state index contributed by atoms with van der Waals surface area (Å²) in [5, 5.41) is 8.46. The van der Waals surface area contributed by atoms with Crippen LogP contribution in [0.15, 0.2) is 18.2 Å². The van der Waals surface area contributed by atoms with E-state index < -0.39 is 27.1 Å². The van der Waals surface area contributed by atoms with Crippen molar-refractivity contribution in [2.45, 2.75) is 32.7 Å². The van der Waals surface area contributed by atoms with Gasteiger partial charge < -0.3 is 23.3 Å². The van der Waals surface area contributed by atoms with Crippen LogP contribution in [0.2, 0.25) is 0 Å². The minimum Gasteiger partial charge on any atom is -0.493 e. The third-order valence-corrected chi connectivity index (χ3v) is 6.05. The number of nitrogens with zero attached hydrogens (tertiary/aromatic N) is 1. The molecule has 0 fully saturated rings. The number of ether oxygens (including phenoxy) is 3. The second-order valence-electron chi connectivity index (χ2n) is 9.18. The minimum absolute atomic E-state index is 0. The first kappa shape index (κ1) is 29.4. The number of benzene rings is 2. The van der Waals surface area contributed by atoms with Crippen molar-refractivity contribution in [3.8, 4) is 23.0 Å². The highest BCUT2D eigenvalue weighted by atomic mass is 79.9. The Bertz CT molecular complexity index is 1310. The Labute approximate surface area is 220 Å². The lowest BCUT2D eigenvalue weighted by Gasteiger charge is -2.25. The summed E-state index contributed by atoms with van der Waals surface area (Å²) in [4.78, 5) is 14.7. The summed E-state index contributed by atoms with van der Waals surface area (Å²) in [6.07, 6.45) is 0.900. The van der Waals surface area contributed by atoms with Gasteiger partial charge in [0.25, 0.3) is 0 Å². The highest BCUT2D eigenvalue weighted by Crippen LogP contribution is 2.41. The Morgan fingerprint density at radius 3 is 2.17 bits per heavy atom. The molecule has 0 amide bonds. The molecule has 36 heavy (non-hydrogen) atoms. The van der Waals surface area contributed by atoms with E-state index in [-0.39, 0.29) is 70.0 Å². The van der Waals surface area contributed by atoms with Crippen LogP contribution < -0.4 is 18.4 Å². The quantitative estimate of drug-likeness (QED) is 0.362. The fourth-order valence-electron chi connectivity index (χ4n) is 3.98. The topological polar surface area (TPSA) is 115 Å². The van der Waals surface area contributed by atoms with Gasteiger partial charge >= 0.3 is 10.1 Å². The van der Waals surface area contributed by atoms with Gasteiger partial charge in [-0.15, -0.1) is 17.0 Å². The monoisotopic (exact) mass is 588 g/mol. The van der Waals surface area contributed by atoms with Crippen LogP contribution in [0, 0.1) is 11.2 Å². The number of Topliss-reactive ketones (excluding diaryl/α,β-unsaturated/α-hetero) is 1. The van der Waals surface area contributed by atoms with Crippen LogP contribution in [-0.2, 0) is 22.1 Å². The molecule has 198 valence electrons. The molecule has 0 aromatic heterocycles. The predicted octanol–water partition coefficient (Wildman–Crippen LogP) is 4.09. The number of methoxy groups -OCH3 is 3. The van der Waals surface area contributed by atoms with Crippen molar-refractivity contribution in [1.82, 2.24) is 4.90 Å². The Hall–Kier alpha value is -2.86.